The number of fused-ring (bicyclic) bond motifs is 2. The first-order chi connectivity index (χ1) is 12.5. The van der Waals surface area contributed by atoms with E-state index in [9.17, 15) is 10.5 Å². The normalized spacial score (nSPS) is 39.7. The number of nitriles is 2. The molecule has 2 heterocycles. The lowest BCUT2D eigenvalue weighted by molar-refractivity contribution is -0.193. The molecule has 8 nitrogen and oxygen atoms in total. The molecule has 1 aliphatic carbocycles. The number of hydrogen-bond acceptors (Lipinski definition) is 8. The van der Waals surface area contributed by atoms with Crippen LogP contribution in [0.15, 0.2) is 23.2 Å². The van der Waals surface area contributed by atoms with Gasteiger partial charge in [0.15, 0.2) is 5.41 Å². The van der Waals surface area contributed by atoms with Crippen molar-refractivity contribution in [3.05, 3.63) is 23.8 Å². The number of nitrogens with two attached hydrogens (primary N) is 1. The van der Waals surface area contributed by atoms with Gasteiger partial charge in [-0.25, -0.2) is 4.99 Å². The largest absolute Gasteiger partial charge is 0.497 e. The molecular weight excluding hydrogens is 336 g/mol. The molecule has 5 unspecified atom stereocenters. The van der Waals surface area contributed by atoms with Crippen LogP contribution in [0.25, 0.3) is 0 Å². The fourth-order valence-corrected chi connectivity index (χ4v) is 4.39. The van der Waals surface area contributed by atoms with Gasteiger partial charge in [-0.15, -0.1) is 0 Å². The number of amidine groups is 1. The fraction of sp³-hybridized carbons (Fsp3) is 0.500. The maximum absolute atomic E-state index is 10.2. The Hall–Kier alpha value is -2.81. The van der Waals surface area contributed by atoms with Crippen LogP contribution in [0.5, 0.6) is 11.5 Å². The van der Waals surface area contributed by atoms with Gasteiger partial charge in [-0.05, 0) is 25.1 Å². The quantitative estimate of drug-likeness (QED) is 0.867. The third-order valence-corrected chi connectivity index (χ3v) is 5.55. The van der Waals surface area contributed by atoms with E-state index in [4.69, 9.17) is 24.7 Å². The number of methoxy groups -OCH3 is 2. The second kappa shape index (κ2) is 5.10. The van der Waals surface area contributed by atoms with Gasteiger partial charge in [0.25, 0.3) is 5.91 Å². The molecule has 2 fully saturated rings. The average molecular weight is 354 g/mol. The van der Waals surface area contributed by atoms with Gasteiger partial charge in [0.2, 0.25) is 0 Å². The van der Waals surface area contributed by atoms with Crippen LogP contribution in [0, 0.1) is 33.5 Å². The monoisotopic (exact) mass is 354 g/mol. The van der Waals surface area contributed by atoms with Gasteiger partial charge >= 0.3 is 0 Å². The van der Waals surface area contributed by atoms with Gasteiger partial charge in [0.05, 0.1) is 39.1 Å². The average Bonchev–Trinajstić information content (AvgIpc) is 3.04. The minimum absolute atomic E-state index is 0.0468. The standard InChI is InChI=1S/C18H18N4O4/c1-10-7-25-18(26-10)17(9-20)14(16(17,8-19)15(21)22-18)12-6-11(23-2)4-5-13(12)24-3/h4-6,10,14H,7H2,1-3H3,(H2,21,22). The first kappa shape index (κ1) is 16.6. The Morgan fingerprint density at radius 1 is 1.27 bits per heavy atom. The van der Waals surface area contributed by atoms with Crippen molar-refractivity contribution in [1.82, 2.24) is 0 Å². The summed E-state index contributed by atoms with van der Waals surface area (Å²) in [5, 5.41) is 20.2. The number of aliphatic imine (C=N–C) groups is 1. The third kappa shape index (κ3) is 1.57. The predicted octanol–water partition coefficient (Wildman–Crippen LogP) is 1.28. The van der Waals surface area contributed by atoms with E-state index in [1.165, 1.54) is 7.11 Å². The molecule has 0 radical (unpaired) electrons. The molecule has 8 heteroatoms. The van der Waals surface area contributed by atoms with E-state index < -0.39 is 22.7 Å². The van der Waals surface area contributed by atoms with Crippen molar-refractivity contribution in [3.63, 3.8) is 0 Å². The Morgan fingerprint density at radius 3 is 2.58 bits per heavy atom. The third-order valence-electron chi connectivity index (χ3n) is 5.55. The number of hydrogen-bond donors (Lipinski definition) is 1. The molecular formula is C18H18N4O4. The van der Waals surface area contributed by atoms with Crippen molar-refractivity contribution in [3.8, 4) is 23.6 Å². The van der Waals surface area contributed by atoms with Crippen LogP contribution >= 0.6 is 0 Å². The molecule has 3 aliphatic rings. The van der Waals surface area contributed by atoms with Crippen LogP contribution in [-0.2, 0) is 9.47 Å². The molecule has 134 valence electrons. The summed E-state index contributed by atoms with van der Waals surface area (Å²) in [4.78, 5) is 4.29. The van der Waals surface area contributed by atoms with Gasteiger partial charge in [0.1, 0.15) is 22.7 Å². The highest BCUT2D eigenvalue weighted by Gasteiger charge is 2.94. The fourth-order valence-electron chi connectivity index (χ4n) is 4.39. The smallest absolute Gasteiger partial charge is 0.293 e. The first-order valence-corrected chi connectivity index (χ1v) is 8.18. The van der Waals surface area contributed by atoms with Crippen LogP contribution in [0.1, 0.15) is 18.4 Å². The summed E-state index contributed by atoms with van der Waals surface area (Å²) in [6.07, 6.45) is -0.264. The second-order valence-corrected chi connectivity index (χ2v) is 6.70. The summed E-state index contributed by atoms with van der Waals surface area (Å²) in [6, 6.07) is 9.72. The van der Waals surface area contributed by atoms with Crippen LogP contribution in [0.3, 0.4) is 0 Å². The topological polar surface area (TPSA) is 123 Å². The molecule has 1 saturated heterocycles. The molecule has 2 aliphatic heterocycles. The van der Waals surface area contributed by atoms with E-state index in [2.05, 4.69) is 17.1 Å². The molecule has 0 aromatic heterocycles. The van der Waals surface area contributed by atoms with E-state index in [1.54, 1.807) is 25.3 Å². The van der Waals surface area contributed by atoms with Crippen LogP contribution in [0.2, 0.25) is 0 Å². The maximum atomic E-state index is 10.2. The van der Waals surface area contributed by atoms with Gasteiger partial charge in [-0.1, -0.05) is 0 Å². The SMILES string of the molecule is COc1ccc(OC)c(C2C3(C#N)C(N)=NC4(OCC(C)O4)C23C#N)c1. The molecule has 1 saturated carbocycles. The molecule has 0 bridgehead atoms. The highest BCUT2D eigenvalue weighted by Crippen LogP contribution is 2.83. The highest BCUT2D eigenvalue weighted by atomic mass is 16.8. The van der Waals surface area contributed by atoms with E-state index >= 15 is 0 Å². The molecule has 1 aromatic carbocycles. The zero-order valence-electron chi connectivity index (χ0n) is 14.6. The molecule has 26 heavy (non-hydrogen) atoms. The molecule has 0 amide bonds. The summed E-state index contributed by atoms with van der Waals surface area (Å²) >= 11 is 0. The Kier molecular flexibility index (Phi) is 3.27. The van der Waals surface area contributed by atoms with Crippen LogP contribution < -0.4 is 15.2 Å². The number of nitrogens with zero attached hydrogens (tertiary/aromatic N) is 3. The first-order valence-electron chi connectivity index (χ1n) is 8.18. The Labute approximate surface area is 150 Å². The van der Waals surface area contributed by atoms with Crippen molar-refractivity contribution in [2.45, 2.75) is 24.9 Å². The summed E-state index contributed by atoms with van der Waals surface area (Å²) in [7, 11) is 3.07. The van der Waals surface area contributed by atoms with Gasteiger partial charge in [0, 0.05) is 11.5 Å². The van der Waals surface area contributed by atoms with Gasteiger partial charge < -0.3 is 24.7 Å². The second-order valence-electron chi connectivity index (χ2n) is 6.70. The lowest BCUT2D eigenvalue weighted by Crippen LogP contribution is -2.39. The van der Waals surface area contributed by atoms with E-state index in [1.807, 2.05) is 6.92 Å². The predicted molar refractivity (Wildman–Crippen MR) is 89.2 cm³/mol. The Balaban J connectivity index is 1.94. The molecule has 4 rings (SSSR count). The zero-order valence-corrected chi connectivity index (χ0v) is 14.6. The summed E-state index contributed by atoms with van der Waals surface area (Å²) < 4.78 is 22.5. The minimum Gasteiger partial charge on any atom is -0.497 e. The van der Waals surface area contributed by atoms with Crippen molar-refractivity contribution >= 4 is 5.84 Å². The van der Waals surface area contributed by atoms with Crippen LogP contribution in [-0.4, -0.2) is 38.7 Å². The van der Waals surface area contributed by atoms with Crippen LogP contribution in [0.4, 0.5) is 0 Å². The van der Waals surface area contributed by atoms with Crippen molar-refractivity contribution in [2.75, 3.05) is 20.8 Å². The maximum Gasteiger partial charge on any atom is 0.293 e. The summed E-state index contributed by atoms with van der Waals surface area (Å²) in [5.74, 6) is -1.04. The highest BCUT2D eigenvalue weighted by molar-refractivity contribution is 6.00. The Morgan fingerprint density at radius 2 is 2.04 bits per heavy atom. The lowest BCUT2D eigenvalue weighted by Gasteiger charge is -2.26. The molecule has 1 spiro atoms. The van der Waals surface area contributed by atoms with Crippen molar-refractivity contribution in [1.29, 1.82) is 10.5 Å². The van der Waals surface area contributed by atoms with Gasteiger partial charge in [-0.3, -0.25) is 0 Å². The molecule has 2 N–H and O–H groups in total. The number of rotatable bonds is 3. The summed E-state index contributed by atoms with van der Waals surface area (Å²) in [5.41, 5.74) is 4.07. The summed E-state index contributed by atoms with van der Waals surface area (Å²) in [6.45, 7) is 2.09. The van der Waals surface area contributed by atoms with Crippen molar-refractivity contribution in [2.24, 2.45) is 21.6 Å². The zero-order chi connectivity index (χ0) is 18.7. The molecule has 5 atom stereocenters. The van der Waals surface area contributed by atoms with E-state index in [0.29, 0.717) is 17.1 Å². The number of benzene rings is 1. The van der Waals surface area contributed by atoms with E-state index in [0.717, 1.165) is 0 Å². The van der Waals surface area contributed by atoms with Gasteiger partial charge in [-0.2, -0.15) is 10.5 Å². The minimum atomic E-state index is -1.58. The number of ether oxygens (including phenoxy) is 4. The molecule has 1 aromatic rings. The van der Waals surface area contributed by atoms with Crippen molar-refractivity contribution < 1.29 is 18.9 Å². The lowest BCUT2D eigenvalue weighted by atomic mass is 9.93. The Bertz CT molecular complexity index is 903. The van der Waals surface area contributed by atoms with E-state index in [-0.39, 0.29) is 18.5 Å².